The Morgan fingerprint density at radius 1 is 1.50 bits per heavy atom. The number of rotatable bonds is 3. The molecule has 0 fully saturated rings. The molecule has 4 heteroatoms. The van der Waals surface area contributed by atoms with E-state index in [9.17, 15) is 4.79 Å². The summed E-state index contributed by atoms with van der Waals surface area (Å²) in [6, 6.07) is 5.94. The molecule has 2 rings (SSSR count). The lowest BCUT2D eigenvalue weighted by atomic mass is 9.80. The van der Waals surface area contributed by atoms with E-state index in [0.717, 1.165) is 23.4 Å². The predicted octanol–water partition coefficient (Wildman–Crippen LogP) is 3.94. The van der Waals surface area contributed by atoms with Crippen LogP contribution in [0.3, 0.4) is 0 Å². The number of alkyl halides is 1. The summed E-state index contributed by atoms with van der Waals surface area (Å²) in [5.41, 5.74) is 1.91. The van der Waals surface area contributed by atoms with Gasteiger partial charge in [-0.05, 0) is 56.9 Å². The number of hydrogen-bond acceptors (Lipinski definition) is 2. The van der Waals surface area contributed by atoms with E-state index in [1.807, 2.05) is 30.0 Å². The summed E-state index contributed by atoms with van der Waals surface area (Å²) in [7, 11) is 0. The summed E-state index contributed by atoms with van der Waals surface area (Å²) < 4.78 is 5.56. The molecule has 0 spiro atoms. The third kappa shape index (κ3) is 2.64. The lowest BCUT2D eigenvalue weighted by molar-refractivity contribution is -0.117. The van der Waals surface area contributed by atoms with Crippen molar-refractivity contribution in [1.29, 1.82) is 0 Å². The number of ether oxygens (including phenoxy) is 1. The highest BCUT2D eigenvalue weighted by molar-refractivity contribution is 6.29. The van der Waals surface area contributed by atoms with Gasteiger partial charge in [0, 0.05) is 11.2 Å². The van der Waals surface area contributed by atoms with E-state index in [2.05, 4.69) is 20.8 Å². The second kappa shape index (κ2) is 5.65. The van der Waals surface area contributed by atoms with Gasteiger partial charge in [-0.2, -0.15) is 0 Å². The third-order valence-corrected chi connectivity index (χ3v) is 4.09. The molecule has 0 saturated heterocycles. The number of benzene rings is 1. The number of carbonyl (C=O) groups excluding carboxylic acids is 1. The van der Waals surface area contributed by atoms with Gasteiger partial charge in [-0.3, -0.25) is 4.79 Å². The Labute approximate surface area is 125 Å². The van der Waals surface area contributed by atoms with Gasteiger partial charge in [0.15, 0.2) is 0 Å². The van der Waals surface area contributed by atoms with Crippen LogP contribution in [0, 0.1) is 0 Å². The summed E-state index contributed by atoms with van der Waals surface area (Å²) in [5, 5.41) is 0. The highest BCUT2D eigenvalue weighted by atomic mass is 35.5. The number of anilines is 1. The molecule has 1 aliphatic heterocycles. The molecule has 0 aromatic heterocycles. The van der Waals surface area contributed by atoms with Crippen LogP contribution in [-0.4, -0.2) is 23.9 Å². The first-order valence-corrected chi connectivity index (χ1v) is 7.60. The molecule has 1 aliphatic rings. The fourth-order valence-electron chi connectivity index (χ4n) is 3.20. The topological polar surface area (TPSA) is 29.5 Å². The second-order valence-corrected chi connectivity index (χ2v) is 6.20. The summed E-state index contributed by atoms with van der Waals surface area (Å²) in [5.74, 6) is 1.20. The Kier molecular flexibility index (Phi) is 4.28. The molecule has 20 heavy (non-hydrogen) atoms. The van der Waals surface area contributed by atoms with Gasteiger partial charge in [0.25, 0.3) is 0 Å². The van der Waals surface area contributed by atoms with Crippen molar-refractivity contribution in [1.82, 2.24) is 0 Å². The van der Waals surface area contributed by atoms with Crippen LogP contribution >= 0.6 is 11.6 Å². The van der Waals surface area contributed by atoms with Crippen LogP contribution in [0.15, 0.2) is 18.2 Å². The molecule has 1 aromatic carbocycles. The highest BCUT2D eigenvalue weighted by Crippen LogP contribution is 2.44. The molecule has 1 atom stereocenters. The van der Waals surface area contributed by atoms with E-state index < -0.39 is 0 Å². The predicted molar refractivity (Wildman–Crippen MR) is 82.9 cm³/mol. The maximum absolute atomic E-state index is 12.2. The molecular formula is C16H22ClNO2. The first-order valence-electron chi connectivity index (χ1n) is 7.06. The molecule has 0 radical (unpaired) electrons. The van der Waals surface area contributed by atoms with Crippen LogP contribution in [0.5, 0.6) is 5.75 Å². The van der Waals surface area contributed by atoms with Gasteiger partial charge in [0.2, 0.25) is 5.91 Å². The van der Waals surface area contributed by atoms with Crippen molar-refractivity contribution in [2.45, 2.75) is 45.6 Å². The number of carbonyl (C=O) groups is 1. The summed E-state index contributed by atoms with van der Waals surface area (Å²) >= 11 is 5.78. The summed E-state index contributed by atoms with van der Waals surface area (Å²) in [6.07, 6.45) is 0.915. The molecule has 0 N–H and O–H groups in total. The van der Waals surface area contributed by atoms with Gasteiger partial charge in [-0.25, -0.2) is 0 Å². The van der Waals surface area contributed by atoms with Gasteiger partial charge in [0.1, 0.15) is 11.6 Å². The Morgan fingerprint density at radius 3 is 2.80 bits per heavy atom. The third-order valence-electron chi connectivity index (χ3n) is 3.86. The Morgan fingerprint density at radius 2 is 2.20 bits per heavy atom. The maximum atomic E-state index is 12.2. The SMILES string of the molecule is CCOc1ccc2c(c1)C(C)CC(C)(C)N2C(=O)CCl. The number of hydrogen-bond donors (Lipinski definition) is 0. The van der Waals surface area contributed by atoms with Crippen LogP contribution in [0.1, 0.15) is 45.6 Å². The number of amides is 1. The molecule has 0 saturated carbocycles. The van der Waals surface area contributed by atoms with E-state index >= 15 is 0 Å². The average Bonchev–Trinajstić information content (AvgIpc) is 2.38. The molecule has 1 unspecified atom stereocenters. The average molecular weight is 296 g/mol. The molecular weight excluding hydrogens is 274 g/mol. The highest BCUT2D eigenvalue weighted by Gasteiger charge is 2.39. The second-order valence-electron chi connectivity index (χ2n) is 5.93. The van der Waals surface area contributed by atoms with Gasteiger partial charge >= 0.3 is 0 Å². The molecule has 110 valence electrons. The first-order chi connectivity index (χ1) is 9.40. The standard InChI is InChI=1S/C16H22ClNO2/c1-5-20-12-6-7-14-13(8-12)11(2)9-16(3,4)18(14)15(19)10-17/h6-8,11H,5,9-10H2,1-4H3. The van der Waals surface area contributed by atoms with Crippen molar-refractivity contribution in [2.75, 3.05) is 17.4 Å². The number of nitrogens with zero attached hydrogens (tertiary/aromatic N) is 1. The summed E-state index contributed by atoms with van der Waals surface area (Å²) in [4.78, 5) is 14.1. The first kappa shape index (κ1) is 15.2. The lowest BCUT2D eigenvalue weighted by Gasteiger charge is -2.45. The Hall–Kier alpha value is -1.22. The minimum absolute atomic E-state index is 0.00443. The van der Waals surface area contributed by atoms with Crippen molar-refractivity contribution in [2.24, 2.45) is 0 Å². The van der Waals surface area contributed by atoms with E-state index in [0.29, 0.717) is 12.5 Å². The molecule has 1 aromatic rings. The van der Waals surface area contributed by atoms with Crippen LogP contribution < -0.4 is 9.64 Å². The zero-order valence-electron chi connectivity index (χ0n) is 12.6. The van der Waals surface area contributed by atoms with Crippen molar-refractivity contribution < 1.29 is 9.53 Å². The summed E-state index contributed by atoms with van der Waals surface area (Å²) in [6.45, 7) is 8.98. The van der Waals surface area contributed by atoms with Gasteiger partial charge in [-0.1, -0.05) is 6.92 Å². The number of halogens is 1. The zero-order chi connectivity index (χ0) is 14.9. The molecule has 1 heterocycles. The van der Waals surface area contributed by atoms with Crippen molar-refractivity contribution in [3.8, 4) is 5.75 Å². The number of fused-ring (bicyclic) bond motifs is 1. The maximum Gasteiger partial charge on any atom is 0.242 e. The minimum atomic E-state index is -0.217. The van der Waals surface area contributed by atoms with Gasteiger partial charge < -0.3 is 9.64 Å². The van der Waals surface area contributed by atoms with E-state index in [4.69, 9.17) is 16.3 Å². The van der Waals surface area contributed by atoms with Gasteiger partial charge in [-0.15, -0.1) is 11.6 Å². The van der Waals surface area contributed by atoms with Crippen LogP contribution in [0.25, 0.3) is 0 Å². The van der Waals surface area contributed by atoms with E-state index in [1.165, 1.54) is 0 Å². The molecule has 0 aliphatic carbocycles. The Balaban J connectivity index is 2.51. The largest absolute Gasteiger partial charge is 0.494 e. The van der Waals surface area contributed by atoms with Crippen molar-refractivity contribution in [3.63, 3.8) is 0 Å². The fraction of sp³-hybridized carbons (Fsp3) is 0.562. The van der Waals surface area contributed by atoms with Crippen molar-refractivity contribution in [3.05, 3.63) is 23.8 Å². The molecule has 0 bridgehead atoms. The fourth-order valence-corrected chi connectivity index (χ4v) is 3.32. The molecule has 1 amide bonds. The quantitative estimate of drug-likeness (QED) is 0.790. The van der Waals surface area contributed by atoms with Crippen molar-refractivity contribution >= 4 is 23.2 Å². The molecule has 3 nitrogen and oxygen atoms in total. The van der Waals surface area contributed by atoms with Crippen LogP contribution in [0.2, 0.25) is 0 Å². The zero-order valence-corrected chi connectivity index (χ0v) is 13.3. The van der Waals surface area contributed by atoms with Crippen LogP contribution in [0.4, 0.5) is 5.69 Å². The minimum Gasteiger partial charge on any atom is -0.494 e. The van der Waals surface area contributed by atoms with E-state index in [-0.39, 0.29) is 17.3 Å². The lowest BCUT2D eigenvalue weighted by Crippen LogP contribution is -2.52. The van der Waals surface area contributed by atoms with Gasteiger partial charge in [0.05, 0.1) is 6.61 Å². The smallest absolute Gasteiger partial charge is 0.242 e. The Bertz CT molecular complexity index is 513. The normalized spacial score (nSPS) is 20.4. The monoisotopic (exact) mass is 295 g/mol. The van der Waals surface area contributed by atoms with Crippen LogP contribution in [-0.2, 0) is 4.79 Å². The van der Waals surface area contributed by atoms with E-state index in [1.54, 1.807) is 0 Å².